The number of piperidine rings is 1. The number of hydrogen-bond acceptors (Lipinski definition) is 3. The maximum atomic E-state index is 5.30. The van der Waals surface area contributed by atoms with E-state index in [-0.39, 0.29) is 0 Å². The van der Waals surface area contributed by atoms with Gasteiger partial charge in [0.2, 0.25) is 0 Å². The fourth-order valence-electron chi connectivity index (χ4n) is 2.47. The van der Waals surface area contributed by atoms with Crippen molar-refractivity contribution < 1.29 is 4.74 Å². The summed E-state index contributed by atoms with van der Waals surface area (Å²) in [6.45, 7) is 11.0. The standard InChI is InChI=1S/C14H30N2O/c1-3-17-13-7-10-15-9-6-12-16-11-5-4-8-14(16)2/h14-15H,3-13H2,1-2H3. The highest BCUT2D eigenvalue weighted by molar-refractivity contribution is 4.72. The van der Waals surface area contributed by atoms with Crippen molar-refractivity contribution >= 4 is 0 Å². The first-order valence-corrected chi connectivity index (χ1v) is 7.37. The molecular formula is C14H30N2O. The smallest absolute Gasteiger partial charge is 0.0477 e. The first-order chi connectivity index (χ1) is 8.34. The summed E-state index contributed by atoms with van der Waals surface area (Å²) in [6.07, 6.45) is 6.62. The molecule has 0 aliphatic carbocycles. The van der Waals surface area contributed by atoms with Crippen LogP contribution in [0.5, 0.6) is 0 Å². The normalized spacial score (nSPS) is 21.9. The van der Waals surface area contributed by atoms with Crippen molar-refractivity contribution in [1.29, 1.82) is 0 Å². The molecule has 0 aromatic carbocycles. The Hall–Kier alpha value is -0.120. The van der Waals surface area contributed by atoms with Crippen molar-refractivity contribution in [1.82, 2.24) is 10.2 Å². The molecular weight excluding hydrogens is 212 g/mol. The van der Waals surface area contributed by atoms with Gasteiger partial charge in [-0.15, -0.1) is 0 Å². The molecule has 1 atom stereocenters. The van der Waals surface area contributed by atoms with Gasteiger partial charge in [0.05, 0.1) is 0 Å². The minimum Gasteiger partial charge on any atom is -0.382 e. The van der Waals surface area contributed by atoms with Crippen molar-refractivity contribution in [2.24, 2.45) is 0 Å². The molecule has 17 heavy (non-hydrogen) atoms. The van der Waals surface area contributed by atoms with Crippen LogP contribution in [-0.4, -0.2) is 50.3 Å². The van der Waals surface area contributed by atoms with Gasteiger partial charge in [-0.3, -0.25) is 0 Å². The van der Waals surface area contributed by atoms with Crippen molar-refractivity contribution in [2.75, 3.05) is 39.4 Å². The summed E-state index contributed by atoms with van der Waals surface area (Å²) < 4.78 is 5.30. The lowest BCUT2D eigenvalue weighted by molar-refractivity contribution is 0.144. The topological polar surface area (TPSA) is 24.5 Å². The highest BCUT2D eigenvalue weighted by Crippen LogP contribution is 2.15. The zero-order valence-electron chi connectivity index (χ0n) is 11.7. The zero-order chi connectivity index (χ0) is 12.3. The average molecular weight is 242 g/mol. The van der Waals surface area contributed by atoms with Crippen molar-refractivity contribution in [3.63, 3.8) is 0 Å². The maximum Gasteiger partial charge on any atom is 0.0477 e. The van der Waals surface area contributed by atoms with Crippen LogP contribution < -0.4 is 5.32 Å². The van der Waals surface area contributed by atoms with E-state index in [2.05, 4.69) is 17.1 Å². The summed E-state index contributed by atoms with van der Waals surface area (Å²) in [4.78, 5) is 2.64. The fraction of sp³-hybridized carbons (Fsp3) is 1.00. The second kappa shape index (κ2) is 9.86. The molecule has 1 rings (SSSR count). The number of likely N-dealkylation sites (tertiary alicyclic amines) is 1. The summed E-state index contributed by atoms with van der Waals surface area (Å²) >= 11 is 0. The Bertz CT molecular complexity index is 176. The fourth-order valence-corrected chi connectivity index (χ4v) is 2.47. The predicted octanol–water partition coefficient (Wildman–Crippen LogP) is 2.27. The quantitative estimate of drug-likeness (QED) is 0.628. The van der Waals surface area contributed by atoms with E-state index in [1.54, 1.807) is 0 Å². The van der Waals surface area contributed by atoms with E-state index in [0.717, 1.165) is 38.8 Å². The van der Waals surface area contributed by atoms with Gasteiger partial charge in [0.25, 0.3) is 0 Å². The Morgan fingerprint density at radius 3 is 2.82 bits per heavy atom. The Morgan fingerprint density at radius 1 is 1.24 bits per heavy atom. The number of rotatable bonds is 9. The van der Waals surface area contributed by atoms with Crippen LogP contribution in [0.4, 0.5) is 0 Å². The molecule has 1 heterocycles. The Balaban J connectivity index is 1.86. The maximum absolute atomic E-state index is 5.30. The van der Waals surface area contributed by atoms with Crippen LogP contribution in [0.3, 0.4) is 0 Å². The molecule has 1 unspecified atom stereocenters. The molecule has 0 radical (unpaired) electrons. The zero-order valence-corrected chi connectivity index (χ0v) is 11.7. The van der Waals surface area contributed by atoms with Crippen LogP contribution >= 0.6 is 0 Å². The van der Waals surface area contributed by atoms with Gasteiger partial charge in [0, 0.05) is 19.3 Å². The lowest BCUT2D eigenvalue weighted by Gasteiger charge is -2.33. The molecule has 0 amide bonds. The van der Waals surface area contributed by atoms with Gasteiger partial charge >= 0.3 is 0 Å². The number of nitrogens with zero attached hydrogens (tertiary/aromatic N) is 1. The molecule has 1 aliphatic rings. The number of ether oxygens (including phenoxy) is 1. The minimum absolute atomic E-state index is 0.807. The molecule has 0 bridgehead atoms. The molecule has 1 saturated heterocycles. The second-order valence-electron chi connectivity index (χ2n) is 5.03. The van der Waals surface area contributed by atoms with E-state index >= 15 is 0 Å². The molecule has 3 heteroatoms. The van der Waals surface area contributed by atoms with Gasteiger partial charge in [-0.2, -0.15) is 0 Å². The number of nitrogens with one attached hydrogen (secondary N) is 1. The highest BCUT2D eigenvalue weighted by Gasteiger charge is 2.16. The predicted molar refractivity (Wildman–Crippen MR) is 73.5 cm³/mol. The Kier molecular flexibility index (Phi) is 8.67. The van der Waals surface area contributed by atoms with Crippen molar-refractivity contribution in [3.8, 4) is 0 Å². The molecule has 0 aromatic rings. The van der Waals surface area contributed by atoms with E-state index in [1.165, 1.54) is 38.8 Å². The highest BCUT2D eigenvalue weighted by atomic mass is 16.5. The molecule has 0 spiro atoms. The molecule has 3 nitrogen and oxygen atoms in total. The van der Waals surface area contributed by atoms with Crippen LogP contribution in [0.15, 0.2) is 0 Å². The minimum atomic E-state index is 0.807. The van der Waals surface area contributed by atoms with Crippen LogP contribution in [0.1, 0.15) is 46.0 Å². The third-order valence-electron chi connectivity index (χ3n) is 3.59. The van der Waals surface area contributed by atoms with Gasteiger partial charge in [-0.1, -0.05) is 6.42 Å². The van der Waals surface area contributed by atoms with E-state index in [1.807, 2.05) is 6.92 Å². The molecule has 1 N–H and O–H groups in total. The van der Waals surface area contributed by atoms with Crippen molar-refractivity contribution in [3.05, 3.63) is 0 Å². The summed E-state index contributed by atoms with van der Waals surface area (Å²) in [5.74, 6) is 0. The van der Waals surface area contributed by atoms with Crippen LogP contribution in [0.2, 0.25) is 0 Å². The molecule has 0 saturated carbocycles. The van der Waals surface area contributed by atoms with Crippen LogP contribution in [0.25, 0.3) is 0 Å². The molecule has 1 aliphatic heterocycles. The van der Waals surface area contributed by atoms with E-state index in [4.69, 9.17) is 4.74 Å². The summed E-state index contributed by atoms with van der Waals surface area (Å²) in [5.41, 5.74) is 0. The lowest BCUT2D eigenvalue weighted by Crippen LogP contribution is -2.38. The molecule has 0 aromatic heterocycles. The molecule has 1 fully saturated rings. The van der Waals surface area contributed by atoms with Crippen molar-refractivity contribution in [2.45, 2.75) is 52.0 Å². The lowest BCUT2D eigenvalue weighted by atomic mass is 10.0. The Labute approximate surface area is 107 Å². The van der Waals surface area contributed by atoms with Crippen LogP contribution in [-0.2, 0) is 4.74 Å². The summed E-state index contributed by atoms with van der Waals surface area (Å²) in [6, 6.07) is 0.807. The van der Waals surface area contributed by atoms with E-state index in [9.17, 15) is 0 Å². The van der Waals surface area contributed by atoms with Gasteiger partial charge in [0.1, 0.15) is 0 Å². The van der Waals surface area contributed by atoms with Gasteiger partial charge in [-0.25, -0.2) is 0 Å². The van der Waals surface area contributed by atoms with Gasteiger partial charge in [0.15, 0.2) is 0 Å². The first-order valence-electron chi connectivity index (χ1n) is 7.37. The van der Waals surface area contributed by atoms with Gasteiger partial charge < -0.3 is 15.0 Å². The second-order valence-corrected chi connectivity index (χ2v) is 5.03. The molecule has 102 valence electrons. The average Bonchev–Trinajstić information content (AvgIpc) is 2.35. The van der Waals surface area contributed by atoms with Crippen LogP contribution in [0, 0.1) is 0 Å². The van der Waals surface area contributed by atoms with E-state index < -0.39 is 0 Å². The Morgan fingerprint density at radius 2 is 2.06 bits per heavy atom. The SMILES string of the molecule is CCOCCCNCCCN1CCCCC1C. The van der Waals surface area contributed by atoms with E-state index in [0.29, 0.717) is 0 Å². The third-order valence-corrected chi connectivity index (χ3v) is 3.59. The summed E-state index contributed by atoms with van der Waals surface area (Å²) in [5, 5.41) is 3.49. The first kappa shape index (κ1) is 14.9. The summed E-state index contributed by atoms with van der Waals surface area (Å²) in [7, 11) is 0. The number of hydrogen-bond donors (Lipinski definition) is 1. The largest absolute Gasteiger partial charge is 0.382 e. The van der Waals surface area contributed by atoms with Gasteiger partial charge in [-0.05, 0) is 65.7 Å². The third kappa shape index (κ3) is 7.02. The monoisotopic (exact) mass is 242 g/mol.